The van der Waals surface area contributed by atoms with Crippen LogP contribution < -0.4 is 4.90 Å². The van der Waals surface area contributed by atoms with E-state index in [1.54, 1.807) is 0 Å². The fourth-order valence-electron chi connectivity index (χ4n) is 1.23. The lowest BCUT2D eigenvalue weighted by Gasteiger charge is -2.15. The van der Waals surface area contributed by atoms with Gasteiger partial charge in [-0.1, -0.05) is 15.9 Å². The van der Waals surface area contributed by atoms with Crippen molar-refractivity contribution in [1.82, 2.24) is 0 Å². The molecule has 0 bridgehead atoms. The molecule has 1 unspecified atom stereocenters. The number of hydrogen-bond donors (Lipinski definition) is 2. The highest BCUT2D eigenvalue weighted by Gasteiger charge is 2.07. The molecular weight excluding hydrogens is 262 g/mol. The number of hydrogen-bond acceptors (Lipinski definition) is 3. The third-order valence-electron chi connectivity index (χ3n) is 2.20. The zero-order valence-corrected chi connectivity index (χ0v) is 10.9. The van der Waals surface area contributed by atoms with Gasteiger partial charge >= 0.3 is 5.97 Å². The van der Waals surface area contributed by atoms with E-state index >= 15 is 0 Å². The van der Waals surface area contributed by atoms with E-state index < -0.39 is 0 Å². The van der Waals surface area contributed by atoms with Crippen molar-refractivity contribution in [2.45, 2.75) is 19.8 Å². The summed E-state index contributed by atoms with van der Waals surface area (Å²) in [6.45, 7) is 5.12. The Balaban J connectivity index is 3.45. The van der Waals surface area contributed by atoms with Gasteiger partial charge in [-0.2, -0.15) is 0 Å². The Bertz CT molecular complexity index is 167. The van der Waals surface area contributed by atoms with E-state index in [0.29, 0.717) is 13.0 Å². The minimum absolute atomic E-state index is 0.131. The molecule has 2 N–H and O–H groups in total. The van der Waals surface area contributed by atoms with E-state index in [4.69, 9.17) is 9.84 Å². The Hall–Kier alpha value is -0.130. The second kappa shape index (κ2) is 10.4. The van der Waals surface area contributed by atoms with Crippen LogP contribution in [0, 0.1) is 0 Å². The summed E-state index contributed by atoms with van der Waals surface area (Å²) in [4.78, 5) is 12.4. The lowest BCUT2D eigenvalue weighted by Crippen LogP contribution is -3.12. The van der Waals surface area contributed by atoms with Crippen LogP contribution in [0.2, 0.25) is 0 Å². The van der Waals surface area contributed by atoms with Crippen molar-refractivity contribution >= 4 is 21.9 Å². The van der Waals surface area contributed by atoms with E-state index in [9.17, 15) is 4.79 Å². The Morgan fingerprint density at radius 2 is 2.20 bits per heavy atom. The predicted octanol–water partition coefficient (Wildman–Crippen LogP) is -0.398. The lowest BCUT2D eigenvalue weighted by molar-refractivity contribution is -0.898. The number of quaternary nitrogens is 1. The summed E-state index contributed by atoms with van der Waals surface area (Å²) in [5.41, 5.74) is 0. The van der Waals surface area contributed by atoms with E-state index in [1.165, 1.54) is 4.90 Å². The van der Waals surface area contributed by atoms with Crippen LogP contribution in [0.25, 0.3) is 0 Å². The summed E-state index contributed by atoms with van der Waals surface area (Å²) in [5, 5.41) is 9.59. The van der Waals surface area contributed by atoms with Gasteiger partial charge in [-0.25, -0.2) is 0 Å². The quantitative estimate of drug-likeness (QED) is 0.447. The van der Waals surface area contributed by atoms with Gasteiger partial charge in [-0.3, -0.25) is 4.79 Å². The van der Waals surface area contributed by atoms with E-state index in [2.05, 4.69) is 22.9 Å². The van der Waals surface area contributed by atoms with Crippen molar-refractivity contribution in [2.75, 3.05) is 38.2 Å². The number of carbonyl (C=O) groups excluding carboxylic acids is 1. The number of aliphatic hydroxyl groups is 1. The van der Waals surface area contributed by atoms with Gasteiger partial charge in [0.2, 0.25) is 0 Å². The topological polar surface area (TPSA) is 51.0 Å². The molecule has 5 heteroatoms. The molecule has 0 aromatic rings. The highest BCUT2D eigenvalue weighted by molar-refractivity contribution is 9.09. The van der Waals surface area contributed by atoms with Gasteiger partial charge < -0.3 is 14.7 Å². The fourth-order valence-corrected chi connectivity index (χ4v) is 1.51. The molecule has 0 heterocycles. The second-order valence-electron chi connectivity index (χ2n) is 3.34. The van der Waals surface area contributed by atoms with Gasteiger partial charge in [0.05, 0.1) is 13.2 Å². The monoisotopic (exact) mass is 282 g/mol. The standard InChI is InChI=1S/C10H20BrNO3/c1-2-12(6-8-13)7-9-15-10(14)4-3-5-11/h13H,2-9H2,1H3/p+1. The summed E-state index contributed by atoms with van der Waals surface area (Å²) < 4.78 is 5.06. The molecule has 0 radical (unpaired) electrons. The van der Waals surface area contributed by atoms with Crippen LogP contribution in [0.5, 0.6) is 0 Å². The molecule has 0 saturated heterocycles. The zero-order valence-electron chi connectivity index (χ0n) is 9.30. The Labute approximate surface area is 99.7 Å². The summed E-state index contributed by atoms with van der Waals surface area (Å²) in [6, 6.07) is 0. The number of alkyl halides is 1. The number of rotatable bonds is 9. The largest absolute Gasteiger partial charge is 0.460 e. The van der Waals surface area contributed by atoms with Gasteiger partial charge in [-0.15, -0.1) is 0 Å². The number of nitrogens with one attached hydrogen (secondary N) is 1. The average molecular weight is 283 g/mol. The van der Waals surface area contributed by atoms with E-state index in [1.807, 2.05) is 0 Å². The normalized spacial score (nSPS) is 12.5. The van der Waals surface area contributed by atoms with Gasteiger partial charge in [0.15, 0.2) is 0 Å². The molecule has 0 aliphatic rings. The number of carbonyl (C=O) groups is 1. The maximum Gasteiger partial charge on any atom is 0.306 e. The van der Waals surface area contributed by atoms with Crippen LogP contribution in [-0.2, 0) is 9.53 Å². The molecule has 0 rings (SSSR count). The number of likely N-dealkylation sites (N-methyl/N-ethyl adjacent to an activating group) is 1. The van der Waals surface area contributed by atoms with E-state index in [0.717, 1.165) is 31.4 Å². The van der Waals surface area contributed by atoms with Gasteiger partial charge in [-0.05, 0) is 13.3 Å². The van der Waals surface area contributed by atoms with Crippen LogP contribution in [0.15, 0.2) is 0 Å². The van der Waals surface area contributed by atoms with Crippen LogP contribution in [-0.4, -0.2) is 49.3 Å². The van der Waals surface area contributed by atoms with Crippen LogP contribution >= 0.6 is 15.9 Å². The predicted molar refractivity (Wildman–Crippen MR) is 62.3 cm³/mol. The number of aliphatic hydroxyl groups excluding tert-OH is 1. The Morgan fingerprint density at radius 1 is 1.47 bits per heavy atom. The van der Waals surface area contributed by atoms with Crippen molar-refractivity contribution < 1.29 is 19.5 Å². The molecule has 0 amide bonds. The van der Waals surface area contributed by atoms with Crippen molar-refractivity contribution in [2.24, 2.45) is 0 Å². The molecule has 0 aliphatic carbocycles. The number of halogens is 1. The van der Waals surface area contributed by atoms with Crippen LogP contribution in [0.1, 0.15) is 19.8 Å². The summed E-state index contributed by atoms with van der Waals surface area (Å²) in [6.07, 6.45) is 1.30. The summed E-state index contributed by atoms with van der Waals surface area (Å²) >= 11 is 3.26. The Kier molecular flexibility index (Phi) is 10.3. The molecular formula is C10H21BrNO3+. The maximum absolute atomic E-state index is 11.1. The van der Waals surface area contributed by atoms with Crippen molar-refractivity contribution in [3.63, 3.8) is 0 Å². The minimum Gasteiger partial charge on any atom is -0.460 e. The van der Waals surface area contributed by atoms with Gasteiger partial charge in [0.25, 0.3) is 0 Å². The van der Waals surface area contributed by atoms with Crippen molar-refractivity contribution in [3.8, 4) is 0 Å². The molecule has 4 nitrogen and oxygen atoms in total. The number of esters is 1. The minimum atomic E-state index is -0.131. The second-order valence-corrected chi connectivity index (χ2v) is 4.13. The number of ether oxygens (including phenoxy) is 1. The SMILES string of the molecule is CC[NH+](CCO)CCOC(=O)CCCBr. The first-order chi connectivity index (χ1) is 7.24. The highest BCUT2D eigenvalue weighted by Crippen LogP contribution is 1.95. The first-order valence-electron chi connectivity index (χ1n) is 5.40. The maximum atomic E-state index is 11.1. The van der Waals surface area contributed by atoms with Crippen molar-refractivity contribution in [1.29, 1.82) is 0 Å². The van der Waals surface area contributed by atoms with Crippen LogP contribution in [0.4, 0.5) is 0 Å². The van der Waals surface area contributed by atoms with E-state index in [-0.39, 0.29) is 12.6 Å². The lowest BCUT2D eigenvalue weighted by atomic mass is 10.3. The molecule has 0 aromatic carbocycles. The smallest absolute Gasteiger partial charge is 0.306 e. The molecule has 1 atom stereocenters. The zero-order chi connectivity index (χ0) is 11.5. The fraction of sp³-hybridized carbons (Fsp3) is 0.900. The summed E-state index contributed by atoms with van der Waals surface area (Å²) in [7, 11) is 0. The van der Waals surface area contributed by atoms with Gasteiger partial charge in [0, 0.05) is 11.8 Å². The third kappa shape index (κ3) is 8.84. The first-order valence-corrected chi connectivity index (χ1v) is 6.52. The molecule has 15 heavy (non-hydrogen) atoms. The van der Waals surface area contributed by atoms with Gasteiger partial charge in [0.1, 0.15) is 19.7 Å². The highest BCUT2D eigenvalue weighted by atomic mass is 79.9. The molecule has 90 valence electrons. The third-order valence-corrected chi connectivity index (χ3v) is 2.76. The first kappa shape index (κ1) is 14.9. The Morgan fingerprint density at radius 3 is 2.73 bits per heavy atom. The summed E-state index contributed by atoms with van der Waals surface area (Å²) in [5.74, 6) is -0.131. The molecule has 0 saturated carbocycles. The molecule has 0 aromatic heterocycles. The molecule has 0 fully saturated rings. The van der Waals surface area contributed by atoms with Crippen LogP contribution in [0.3, 0.4) is 0 Å². The van der Waals surface area contributed by atoms with Crippen molar-refractivity contribution in [3.05, 3.63) is 0 Å². The average Bonchev–Trinajstić information content (AvgIpc) is 2.25. The molecule has 0 spiro atoms. The molecule has 0 aliphatic heterocycles.